The molecule has 0 atom stereocenters. The summed E-state index contributed by atoms with van der Waals surface area (Å²) in [5.41, 5.74) is 3.55. The zero-order valence-electron chi connectivity index (χ0n) is 13.0. The van der Waals surface area contributed by atoms with Gasteiger partial charge in [0, 0.05) is 11.6 Å². The van der Waals surface area contributed by atoms with Crippen molar-refractivity contribution in [3.8, 4) is 0 Å². The van der Waals surface area contributed by atoms with Crippen molar-refractivity contribution < 1.29 is 4.92 Å². The number of benzene rings is 2. The third-order valence-corrected chi connectivity index (χ3v) is 3.30. The van der Waals surface area contributed by atoms with Crippen LogP contribution in [0.25, 0.3) is 0 Å². The van der Waals surface area contributed by atoms with Crippen molar-refractivity contribution in [2.75, 3.05) is 0 Å². The van der Waals surface area contributed by atoms with Gasteiger partial charge in [-0.15, -0.1) is 0 Å². The van der Waals surface area contributed by atoms with E-state index in [-0.39, 0.29) is 10.6 Å². The maximum atomic E-state index is 10.9. The van der Waals surface area contributed by atoms with Crippen LogP contribution in [0.4, 0.5) is 5.69 Å². The maximum Gasteiger partial charge on any atom is 0.272 e. The lowest BCUT2D eigenvalue weighted by Gasteiger charge is -2.04. The molecule has 0 spiro atoms. The Bertz CT molecular complexity index is 562. The number of nitro groups is 1. The van der Waals surface area contributed by atoms with E-state index >= 15 is 0 Å². The number of hydrogen-bond acceptors (Lipinski definition) is 2. The fourth-order valence-corrected chi connectivity index (χ4v) is 2.12. The summed E-state index contributed by atoms with van der Waals surface area (Å²) in [5, 5.41) is 10.9. The fraction of sp³-hybridized carbons (Fsp3) is 0.333. The first-order valence-electron chi connectivity index (χ1n) is 7.51. The Morgan fingerprint density at radius 3 is 2.05 bits per heavy atom. The second kappa shape index (κ2) is 8.90. The van der Waals surface area contributed by atoms with Crippen molar-refractivity contribution in [3.63, 3.8) is 0 Å². The Kier molecular flexibility index (Phi) is 7.16. The van der Waals surface area contributed by atoms with Crippen LogP contribution in [0.3, 0.4) is 0 Å². The summed E-state index contributed by atoms with van der Waals surface area (Å²) in [5.74, 6) is 0. The van der Waals surface area contributed by atoms with Gasteiger partial charge < -0.3 is 0 Å². The van der Waals surface area contributed by atoms with Crippen LogP contribution in [-0.4, -0.2) is 4.92 Å². The molecule has 0 N–H and O–H groups in total. The van der Waals surface area contributed by atoms with Gasteiger partial charge in [-0.05, 0) is 30.4 Å². The Hall–Kier alpha value is -2.16. The van der Waals surface area contributed by atoms with Crippen molar-refractivity contribution in [1.82, 2.24) is 0 Å². The number of aryl methyl sites for hydroxylation is 3. The molecule has 2 rings (SSSR count). The van der Waals surface area contributed by atoms with Gasteiger partial charge in [0.25, 0.3) is 5.69 Å². The predicted octanol–water partition coefficient (Wildman–Crippen LogP) is 4.97. The topological polar surface area (TPSA) is 43.1 Å². The smallest absolute Gasteiger partial charge is 0.258 e. The molecule has 0 aliphatic rings. The maximum absolute atomic E-state index is 10.9. The van der Waals surface area contributed by atoms with Gasteiger partial charge in [-0.3, -0.25) is 10.1 Å². The molecule has 0 aliphatic heterocycles. The molecule has 112 valence electrons. The Morgan fingerprint density at radius 1 is 0.905 bits per heavy atom. The highest BCUT2D eigenvalue weighted by Gasteiger charge is 2.11. The molecule has 0 amide bonds. The minimum Gasteiger partial charge on any atom is -0.258 e. The van der Waals surface area contributed by atoms with Crippen LogP contribution in [0.15, 0.2) is 48.5 Å². The zero-order chi connectivity index (χ0) is 15.7. The van der Waals surface area contributed by atoms with Crippen molar-refractivity contribution in [2.45, 2.75) is 40.0 Å². The van der Waals surface area contributed by atoms with Crippen molar-refractivity contribution in [2.24, 2.45) is 0 Å². The van der Waals surface area contributed by atoms with E-state index in [2.05, 4.69) is 31.2 Å². The van der Waals surface area contributed by atoms with Gasteiger partial charge in [-0.25, -0.2) is 0 Å². The van der Waals surface area contributed by atoms with Crippen molar-refractivity contribution in [1.29, 1.82) is 0 Å². The van der Waals surface area contributed by atoms with Gasteiger partial charge in [0.05, 0.1) is 4.92 Å². The van der Waals surface area contributed by atoms with Crippen LogP contribution < -0.4 is 0 Å². The summed E-state index contributed by atoms with van der Waals surface area (Å²) in [6.07, 6.45) is 2.56. The second-order valence-electron chi connectivity index (χ2n) is 4.56. The molecule has 0 fully saturated rings. The molecule has 3 nitrogen and oxygen atoms in total. The third kappa shape index (κ3) is 5.03. The minimum atomic E-state index is -0.310. The van der Waals surface area contributed by atoms with E-state index in [1.807, 2.05) is 26.0 Å². The number of para-hydroxylation sites is 1. The average molecular weight is 285 g/mol. The largest absolute Gasteiger partial charge is 0.272 e. The normalized spacial score (nSPS) is 9.67. The van der Waals surface area contributed by atoms with Crippen LogP contribution in [-0.2, 0) is 19.3 Å². The van der Waals surface area contributed by atoms with Crippen LogP contribution in [0, 0.1) is 10.1 Å². The van der Waals surface area contributed by atoms with Gasteiger partial charge in [0.2, 0.25) is 0 Å². The lowest BCUT2D eigenvalue weighted by atomic mass is 10.0. The molecule has 0 saturated heterocycles. The Morgan fingerprint density at radius 2 is 1.48 bits per heavy atom. The molecule has 0 aromatic heterocycles. The van der Waals surface area contributed by atoms with E-state index in [1.54, 1.807) is 12.1 Å². The molecule has 2 aromatic rings. The molecule has 0 unspecified atom stereocenters. The first kappa shape index (κ1) is 16.9. The Balaban J connectivity index is 0.00000106. The standard InChI is InChI=1S/C16H17NO2.C2H6/c1-2-13-7-9-14(10-8-13)11-12-15-5-3-4-6-16(15)17(18)19;1-2/h3-10H,2,11-12H2,1H3;1-2H3. The fourth-order valence-electron chi connectivity index (χ4n) is 2.12. The average Bonchev–Trinajstić information content (AvgIpc) is 2.55. The van der Waals surface area contributed by atoms with Crippen LogP contribution in [0.5, 0.6) is 0 Å². The molecule has 0 radical (unpaired) electrons. The van der Waals surface area contributed by atoms with E-state index in [0.29, 0.717) is 6.42 Å². The van der Waals surface area contributed by atoms with Crippen LogP contribution in [0.1, 0.15) is 37.5 Å². The van der Waals surface area contributed by atoms with Crippen LogP contribution in [0.2, 0.25) is 0 Å². The summed E-state index contributed by atoms with van der Waals surface area (Å²) >= 11 is 0. The summed E-state index contributed by atoms with van der Waals surface area (Å²) < 4.78 is 0. The highest BCUT2D eigenvalue weighted by Crippen LogP contribution is 2.19. The summed E-state index contributed by atoms with van der Waals surface area (Å²) in [6.45, 7) is 6.13. The molecule has 2 aromatic carbocycles. The van der Waals surface area contributed by atoms with Gasteiger partial charge in [-0.2, -0.15) is 0 Å². The van der Waals surface area contributed by atoms with E-state index in [0.717, 1.165) is 18.4 Å². The molecular formula is C18H23NO2. The summed E-state index contributed by atoms with van der Waals surface area (Å²) in [6, 6.07) is 15.4. The highest BCUT2D eigenvalue weighted by molar-refractivity contribution is 5.40. The van der Waals surface area contributed by atoms with E-state index in [1.165, 1.54) is 11.1 Å². The van der Waals surface area contributed by atoms with E-state index < -0.39 is 0 Å². The van der Waals surface area contributed by atoms with Gasteiger partial charge in [0.1, 0.15) is 0 Å². The minimum absolute atomic E-state index is 0.215. The molecule has 0 bridgehead atoms. The number of rotatable bonds is 5. The quantitative estimate of drug-likeness (QED) is 0.575. The third-order valence-electron chi connectivity index (χ3n) is 3.30. The summed E-state index contributed by atoms with van der Waals surface area (Å²) in [7, 11) is 0. The molecule has 0 aliphatic carbocycles. The first-order chi connectivity index (χ1) is 10.2. The van der Waals surface area contributed by atoms with Crippen LogP contribution >= 0.6 is 0 Å². The number of nitrogens with zero attached hydrogens (tertiary/aromatic N) is 1. The summed E-state index contributed by atoms with van der Waals surface area (Å²) in [4.78, 5) is 10.6. The highest BCUT2D eigenvalue weighted by atomic mass is 16.6. The number of nitro benzene ring substituents is 1. The van der Waals surface area contributed by atoms with Gasteiger partial charge in [-0.1, -0.05) is 63.2 Å². The SMILES string of the molecule is CC.CCc1ccc(CCc2ccccc2[N+](=O)[O-])cc1. The molecular weight excluding hydrogens is 262 g/mol. The van der Waals surface area contributed by atoms with Crippen molar-refractivity contribution in [3.05, 3.63) is 75.3 Å². The zero-order valence-corrected chi connectivity index (χ0v) is 13.0. The first-order valence-corrected chi connectivity index (χ1v) is 7.51. The van der Waals surface area contributed by atoms with Gasteiger partial charge in [0.15, 0.2) is 0 Å². The lowest BCUT2D eigenvalue weighted by Crippen LogP contribution is -1.97. The van der Waals surface area contributed by atoms with E-state index in [4.69, 9.17) is 0 Å². The van der Waals surface area contributed by atoms with E-state index in [9.17, 15) is 10.1 Å². The molecule has 0 heterocycles. The molecule has 3 heteroatoms. The monoisotopic (exact) mass is 285 g/mol. The van der Waals surface area contributed by atoms with Gasteiger partial charge >= 0.3 is 0 Å². The Labute approximate surface area is 126 Å². The lowest BCUT2D eigenvalue weighted by molar-refractivity contribution is -0.385. The number of hydrogen-bond donors (Lipinski definition) is 0. The molecule has 0 saturated carbocycles. The second-order valence-corrected chi connectivity index (χ2v) is 4.56. The molecule has 21 heavy (non-hydrogen) atoms. The van der Waals surface area contributed by atoms with Crippen molar-refractivity contribution >= 4 is 5.69 Å². The predicted molar refractivity (Wildman–Crippen MR) is 87.7 cm³/mol.